The number of rotatable bonds is 7. The van der Waals surface area contributed by atoms with Crippen molar-refractivity contribution in [2.75, 3.05) is 42.0 Å². The molecule has 0 saturated heterocycles. The first-order valence-corrected chi connectivity index (χ1v) is 6.77. The first kappa shape index (κ1) is 18.2. The smallest absolute Gasteiger partial charge is 0.503 e. The van der Waals surface area contributed by atoms with Gasteiger partial charge >= 0.3 is 8.80 Å². The molecule has 0 fully saturated rings. The van der Waals surface area contributed by atoms with Gasteiger partial charge in [-0.3, -0.25) is 0 Å². The summed E-state index contributed by atoms with van der Waals surface area (Å²) in [6.45, 7) is 3.23. The van der Waals surface area contributed by atoms with Crippen LogP contribution in [-0.4, -0.2) is 50.8 Å². The van der Waals surface area contributed by atoms with E-state index in [1.807, 2.05) is 0 Å². The van der Waals surface area contributed by atoms with Crippen LogP contribution in [0, 0.1) is 0 Å². The van der Waals surface area contributed by atoms with Gasteiger partial charge in [-0.1, -0.05) is 6.92 Å². The molecular weight excluding hydrogens is 325 g/mol. The lowest BCUT2D eigenvalue weighted by Crippen LogP contribution is -3.05. The second-order valence-electron chi connectivity index (χ2n) is 3.86. The fourth-order valence-corrected chi connectivity index (χ4v) is 3.74. The Kier molecular flexibility index (Phi) is 10.8. The predicted molar refractivity (Wildman–Crippen MR) is 58.5 cm³/mol. The Hall–Kier alpha value is 0.787. The minimum Gasteiger partial charge on any atom is -1.00 e. The van der Waals surface area contributed by atoms with E-state index in [1.165, 1.54) is 4.90 Å². The van der Waals surface area contributed by atoms with Crippen LogP contribution in [0.4, 0.5) is 0 Å². The second-order valence-corrected chi connectivity index (χ2v) is 7.28. The van der Waals surface area contributed by atoms with E-state index >= 15 is 0 Å². The molecule has 0 heterocycles. The molecule has 6 heteroatoms. The van der Waals surface area contributed by atoms with Crippen molar-refractivity contribution in [1.29, 1.82) is 0 Å². The first-order chi connectivity index (χ1) is 6.52. The van der Waals surface area contributed by atoms with E-state index in [9.17, 15) is 0 Å². The summed E-state index contributed by atoms with van der Waals surface area (Å²) < 4.78 is 16.2. The van der Waals surface area contributed by atoms with E-state index in [0.29, 0.717) is 5.54 Å². The van der Waals surface area contributed by atoms with Crippen LogP contribution in [0.5, 0.6) is 0 Å². The summed E-state index contributed by atoms with van der Waals surface area (Å²) in [6, 6.07) is 0. The maximum absolute atomic E-state index is 5.42. The van der Waals surface area contributed by atoms with Gasteiger partial charge in [0.25, 0.3) is 0 Å². The summed E-state index contributed by atoms with van der Waals surface area (Å²) in [6.07, 6.45) is 1.06. The van der Waals surface area contributed by atoms with Gasteiger partial charge in [0.1, 0.15) is 0 Å². The van der Waals surface area contributed by atoms with Crippen LogP contribution in [0.2, 0.25) is 5.54 Å². The molecule has 0 rings (SSSR count). The van der Waals surface area contributed by atoms with Crippen molar-refractivity contribution >= 4 is 8.80 Å². The highest BCUT2D eigenvalue weighted by atomic mass is 127. The Morgan fingerprint density at radius 1 is 1.07 bits per heavy atom. The zero-order valence-corrected chi connectivity index (χ0v) is 13.8. The van der Waals surface area contributed by atoms with Gasteiger partial charge < -0.3 is 42.2 Å². The predicted octanol–water partition coefficient (Wildman–Crippen LogP) is -3.21. The average molecular weight is 349 g/mol. The normalized spacial score (nSPS) is 13.8. The van der Waals surface area contributed by atoms with Gasteiger partial charge in [-0.05, 0) is 0 Å². The molecule has 0 aromatic rings. The van der Waals surface area contributed by atoms with E-state index in [1.54, 1.807) is 21.3 Å². The number of hydrogen-bond donors (Lipinski definition) is 1. The lowest BCUT2D eigenvalue weighted by atomic mass is 10.3. The fraction of sp³-hybridized carbons (Fsp3) is 1.00. The number of halogens is 1. The van der Waals surface area contributed by atoms with E-state index < -0.39 is 8.80 Å². The molecule has 0 bridgehead atoms. The Bertz CT molecular complexity index is 148. The van der Waals surface area contributed by atoms with E-state index in [0.717, 1.165) is 13.0 Å². The Morgan fingerprint density at radius 3 is 1.73 bits per heavy atom. The highest BCUT2D eigenvalue weighted by molar-refractivity contribution is 6.62. The highest BCUT2D eigenvalue weighted by Gasteiger charge is 2.44. The van der Waals surface area contributed by atoms with Gasteiger partial charge in [0.15, 0.2) is 0 Å². The second kappa shape index (κ2) is 8.88. The Balaban J connectivity index is 0. The summed E-state index contributed by atoms with van der Waals surface area (Å²) in [7, 11) is 6.88. The minimum absolute atomic E-state index is 0. The van der Waals surface area contributed by atoms with E-state index in [2.05, 4.69) is 21.0 Å². The molecule has 0 aliphatic heterocycles. The summed E-state index contributed by atoms with van der Waals surface area (Å²) in [5.41, 5.74) is 0.345. The van der Waals surface area contributed by atoms with Crippen molar-refractivity contribution in [3.63, 3.8) is 0 Å². The van der Waals surface area contributed by atoms with Crippen LogP contribution in [0.25, 0.3) is 0 Å². The van der Waals surface area contributed by atoms with Gasteiger partial charge in [-0.25, -0.2) is 0 Å². The van der Waals surface area contributed by atoms with Crippen molar-refractivity contribution in [3.8, 4) is 0 Å². The monoisotopic (exact) mass is 349 g/mol. The first-order valence-electron chi connectivity index (χ1n) is 4.96. The lowest BCUT2D eigenvalue weighted by Gasteiger charge is -2.30. The van der Waals surface area contributed by atoms with E-state index in [4.69, 9.17) is 13.3 Å². The molecule has 0 radical (unpaired) electrons. The number of nitrogens with one attached hydrogen (secondary N) is 1. The standard InChI is InChI=1S/C9H23NO3Si.HI/c1-9(7-8-10(2)3)14(11-4,12-5)13-6;/h9H,7-8H2,1-6H3;1H. The van der Waals surface area contributed by atoms with Crippen LogP contribution in [0.3, 0.4) is 0 Å². The highest BCUT2D eigenvalue weighted by Crippen LogP contribution is 2.25. The van der Waals surface area contributed by atoms with Crippen LogP contribution in [-0.2, 0) is 13.3 Å². The van der Waals surface area contributed by atoms with Gasteiger partial charge in [0.2, 0.25) is 0 Å². The molecule has 0 amide bonds. The lowest BCUT2D eigenvalue weighted by molar-refractivity contribution is -0.858. The molecular formula is C9H24INO3Si. The average Bonchev–Trinajstić information content (AvgIpc) is 2.18. The molecule has 0 spiro atoms. The van der Waals surface area contributed by atoms with Gasteiger partial charge in [-0.15, -0.1) is 0 Å². The van der Waals surface area contributed by atoms with Crippen molar-refractivity contribution in [2.45, 2.75) is 18.9 Å². The topological polar surface area (TPSA) is 32.1 Å². The van der Waals surface area contributed by atoms with Crippen molar-refractivity contribution in [2.24, 2.45) is 0 Å². The van der Waals surface area contributed by atoms with Crippen molar-refractivity contribution in [1.82, 2.24) is 0 Å². The molecule has 1 N–H and O–H groups in total. The van der Waals surface area contributed by atoms with Gasteiger partial charge in [0, 0.05) is 33.3 Å². The maximum atomic E-state index is 5.42. The summed E-state index contributed by atoms with van der Waals surface area (Å²) in [5.74, 6) is 0. The molecule has 0 aromatic carbocycles. The molecule has 0 aliphatic carbocycles. The summed E-state index contributed by atoms with van der Waals surface area (Å²) >= 11 is 0. The van der Waals surface area contributed by atoms with Crippen LogP contribution in [0.15, 0.2) is 0 Å². The molecule has 1 atom stereocenters. The summed E-state index contributed by atoms with van der Waals surface area (Å²) in [4.78, 5) is 1.43. The van der Waals surface area contributed by atoms with Gasteiger partial charge in [-0.2, -0.15) is 0 Å². The number of quaternary nitrogens is 1. The molecule has 4 nitrogen and oxygen atoms in total. The van der Waals surface area contributed by atoms with Crippen molar-refractivity contribution < 1.29 is 42.2 Å². The third-order valence-electron chi connectivity index (χ3n) is 2.53. The minimum atomic E-state index is -2.40. The zero-order valence-electron chi connectivity index (χ0n) is 10.6. The molecule has 1 unspecified atom stereocenters. The van der Waals surface area contributed by atoms with Crippen LogP contribution < -0.4 is 28.9 Å². The molecule has 15 heavy (non-hydrogen) atoms. The molecule has 0 saturated carbocycles. The zero-order chi connectivity index (χ0) is 11.2. The third kappa shape index (κ3) is 5.60. The van der Waals surface area contributed by atoms with Gasteiger partial charge in [0.05, 0.1) is 20.6 Å². The maximum Gasteiger partial charge on any atom is 0.503 e. The third-order valence-corrected chi connectivity index (χ3v) is 5.74. The van der Waals surface area contributed by atoms with E-state index in [-0.39, 0.29) is 24.0 Å². The number of hydrogen-bond acceptors (Lipinski definition) is 3. The SMILES string of the molecule is CO[Si](OC)(OC)C(C)CC[NH+](C)C.[I-]. The molecule has 0 aliphatic rings. The Labute approximate surface area is 112 Å². The van der Waals surface area contributed by atoms with Crippen LogP contribution in [0.1, 0.15) is 13.3 Å². The van der Waals surface area contributed by atoms with Crippen LogP contribution >= 0.6 is 0 Å². The fourth-order valence-electron chi connectivity index (χ4n) is 1.54. The largest absolute Gasteiger partial charge is 1.00 e. The quantitative estimate of drug-likeness (QED) is 0.388. The summed E-state index contributed by atoms with van der Waals surface area (Å²) in [5, 5.41) is 0. The molecule has 94 valence electrons. The van der Waals surface area contributed by atoms with Crippen molar-refractivity contribution in [3.05, 3.63) is 0 Å². The molecule has 0 aromatic heterocycles. The Morgan fingerprint density at radius 2 is 1.47 bits per heavy atom.